The van der Waals surface area contributed by atoms with Crippen molar-refractivity contribution in [2.75, 3.05) is 0 Å². The second-order valence-electron chi connectivity index (χ2n) is 4.79. The van der Waals surface area contributed by atoms with Crippen LogP contribution in [0.5, 0.6) is 0 Å². The van der Waals surface area contributed by atoms with E-state index < -0.39 is 7.12 Å². The minimum absolute atomic E-state index is 0.459. The fraction of sp³-hybridized carbons (Fsp3) is 0. The van der Waals surface area contributed by atoms with Crippen LogP contribution in [0.4, 0.5) is 5.69 Å². The van der Waals surface area contributed by atoms with Crippen LogP contribution in [0.25, 0.3) is 26.7 Å². The first-order chi connectivity index (χ1) is 10.2. The number of hydrogen-bond donors (Lipinski definition) is 2. The van der Waals surface area contributed by atoms with E-state index in [1.165, 1.54) is 0 Å². The van der Waals surface area contributed by atoms with Crippen LogP contribution in [0.2, 0.25) is 0 Å². The molecule has 0 bridgehead atoms. The van der Waals surface area contributed by atoms with Crippen LogP contribution < -0.4 is 5.46 Å². The van der Waals surface area contributed by atoms with Gasteiger partial charge in [-0.2, -0.15) is 0 Å². The van der Waals surface area contributed by atoms with E-state index >= 15 is 0 Å². The van der Waals surface area contributed by atoms with Crippen molar-refractivity contribution < 1.29 is 10.0 Å². The highest BCUT2D eigenvalue weighted by atomic mass is 16.4. The molecule has 0 atom stereocenters. The molecule has 2 N–H and O–H groups in total. The SMILES string of the molecule is [C-]#[N+]c1ccc(-c2ccc(B(O)O)cc2)c2ccccc12. The van der Waals surface area contributed by atoms with Gasteiger partial charge >= 0.3 is 7.12 Å². The highest BCUT2D eigenvalue weighted by Gasteiger charge is 2.11. The molecule has 0 heterocycles. The molecule has 3 aromatic rings. The minimum atomic E-state index is -1.46. The van der Waals surface area contributed by atoms with Crippen LogP contribution in [0.1, 0.15) is 0 Å². The van der Waals surface area contributed by atoms with Gasteiger partial charge in [-0.25, -0.2) is 4.85 Å². The third kappa shape index (κ3) is 2.41. The summed E-state index contributed by atoms with van der Waals surface area (Å²) >= 11 is 0. The lowest BCUT2D eigenvalue weighted by Gasteiger charge is -2.09. The van der Waals surface area contributed by atoms with Crippen molar-refractivity contribution in [2.24, 2.45) is 0 Å². The molecule has 100 valence electrons. The fourth-order valence-corrected chi connectivity index (χ4v) is 2.47. The molecular weight excluding hydrogens is 261 g/mol. The molecule has 0 amide bonds. The number of benzene rings is 3. The highest BCUT2D eigenvalue weighted by Crippen LogP contribution is 2.34. The van der Waals surface area contributed by atoms with Crippen LogP contribution in [-0.4, -0.2) is 17.2 Å². The summed E-state index contributed by atoms with van der Waals surface area (Å²) in [6.45, 7) is 7.25. The molecule has 0 aliphatic carbocycles. The van der Waals surface area contributed by atoms with Crippen LogP contribution in [0.15, 0.2) is 60.7 Å². The van der Waals surface area contributed by atoms with Crippen LogP contribution in [-0.2, 0) is 0 Å². The summed E-state index contributed by atoms with van der Waals surface area (Å²) in [7, 11) is -1.46. The first-order valence-electron chi connectivity index (χ1n) is 6.56. The van der Waals surface area contributed by atoms with Crippen molar-refractivity contribution >= 4 is 29.0 Å². The van der Waals surface area contributed by atoms with Gasteiger partial charge in [-0.15, -0.1) is 0 Å². The third-order valence-electron chi connectivity index (χ3n) is 3.54. The topological polar surface area (TPSA) is 44.8 Å². The Balaban J connectivity index is 2.19. The van der Waals surface area contributed by atoms with E-state index in [0.717, 1.165) is 21.9 Å². The van der Waals surface area contributed by atoms with Crippen molar-refractivity contribution in [2.45, 2.75) is 0 Å². The second kappa shape index (κ2) is 5.41. The van der Waals surface area contributed by atoms with Crippen LogP contribution in [0.3, 0.4) is 0 Å². The summed E-state index contributed by atoms with van der Waals surface area (Å²) in [6, 6.07) is 18.7. The summed E-state index contributed by atoms with van der Waals surface area (Å²) in [5, 5.41) is 20.2. The number of rotatable bonds is 2. The zero-order chi connectivity index (χ0) is 14.8. The van der Waals surface area contributed by atoms with Gasteiger partial charge in [0, 0.05) is 0 Å². The molecule has 0 radical (unpaired) electrons. The highest BCUT2D eigenvalue weighted by molar-refractivity contribution is 6.58. The number of fused-ring (bicyclic) bond motifs is 1. The van der Waals surface area contributed by atoms with Gasteiger partial charge in [-0.1, -0.05) is 60.7 Å². The Morgan fingerprint density at radius 1 is 0.810 bits per heavy atom. The lowest BCUT2D eigenvalue weighted by atomic mass is 9.79. The van der Waals surface area contributed by atoms with Crippen molar-refractivity contribution in [3.8, 4) is 11.1 Å². The molecule has 21 heavy (non-hydrogen) atoms. The van der Waals surface area contributed by atoms with Gasteiger partial charge in [0.15, 0.2) is 5.69 Å². The maximum atomic E-state index is 9.15. The number of hydrogen-bond acceptors (Lipinski definition) is 2. The monoisotopic (exact) mass is 273 g/mol. The summed E-state index contributed by atoms with van der Waals surface area (Å²) in [6.07, 6.45) is 0. The zero-order valence-electron chi connectivity index (χ0n) is 11.2. The van der Waals surface area contributed by atoms with Gasteiger partial charge in [0.2, 0.25) is 0 Å². The first-order valence-corrected chi connectivity index (χ1v) is 6.56. The molecular formula is C17H12BNO2. The molecule has 0 aromatic heterocycles. The molecule has 0 aliphatic rings. The Morgan fingerprint density at radius 3 is 2.10 bits per heavy atom. The van der Waals surface area contributed by atoms with E-state index in [2.05, 4.69) is 4.85 Å². The molecule has 4 heteroatoms. The van der Waals surface area contributed by atoms with Gasteiger partial charge in [-0.3, -0.25) is 0 Å². The van der Waals surface area contributed by atoms with Gasteiger partial charge in [0.1, 0.15) is 0 Å². The average molecular weight is 273 g/mol. The Bertz CT molecular complexity index is 836. The Labute approximate surface area is 123 Å². The largest absolute Gasteiger partial charge is 0.488 e. The van der Waals surface area contributed by atoms with Crippen molar-refractivity contribution in [3.63, 3.8) is 0 Å². The lowest BCUT2D eigenvalue weighted by molar-refractivity contribution is 0.426. The quantitative estimate of drug-likeness (QED) is 0.557. The first kappa shape index (κ1) is 13.4. The van der Waals surface area contributed by atoms with E-state index in [-0.39, 0.29) is 0 Å². The van der Waals surface area contributed by atoms with E-state index in [1.54, 1.807) is 12.1 Å². The van der Waals surface area contributed by atoms with Gasteiger partial charge in [-0.05, 0) is 27.4 Å². The number of nitrogens with zero attached hydrogens (tertiary/aromatic N) is 1. The van der Waals surface area contributed by atoms with E-state index in [9.17, 15) is 0 Å². The molecule has 0 spiro atoms. The predicted octanol–water partition coefficient (Wildman–Crippen LogP) is 2.74. The van der Waals surface area contributed by atoms with Gasteiger partial charge in [0.05, 0.1) is 6.57 Å². The zero-order valence-corrected chi connectivity index (χ0v) is 11.2. The van der Waals surface area contributed by atoms with E-state index in [0.29, 0.717) is 11.2 Å². The molecule has 0 unspecified atom stereocenters. The maximum Gasteiger partial charge on any atom is 0.488 e. The Hall–Kier alpha value is -2.61. The maximum absolute atomic E-state index is 9.15. The lowest BCUT2D eigenvalue weighted by Crippen LogP contribution is -2.29. The Kier molecular flexibility index (Phi) is 3.45. The van der Waals surface area contributed by atoms with Crippen LogP contribution >= 0.6 is 0 Å². The van der Waals surface area contributed by atoms with Gasteiger partial charge < -0.3 is 10.0 Å². The van der Waals surface area contributed by atoms with Gasteiger partial charge in [0.25, 0.3) is 0 Å². The molecule has 0 saturated heterocycles. The normalized spacial score (nSPS) is 10.3. The Morgan fingerprint density at radius 2 is 1.48 bits per heavy atom. The smallest absolute Gasteiger partial charge is 0.423 e. The van der Waals surface area contributed by atoms with Crippen molar-refractivity contribution in [1.82, 2.24) is 0 Å². The summed E-state index contributed by atoms with van der Waals surface area (Å²) in [5.41, 5.74) is 3.10. The summed E-state index contributed by atoms with van der Waals surface area (Å²) in [5.74, 6) is 0. The standard InChI is InChI=1S/C17H12BNO2/c1-19-17-11-10-14(15-4-2-3-5-16(15)17)12-6-8-13(9-7-12)18(20)21/h2-11,20-21H. The molecule has 0 aliphatic heterocycles. The van der Waals surface area contributed by atoms with E-state index in [4.69, 9.17) is 16.6 Å². The second-order valence-corrected chi connectivity index (χ2v) is 4.79. The fourth-order valence-electron chi connectivity index (χ4n) is 2.47. The molecule has 0 saturated carbocycles. The summed E-state index contributed by atoms with van der Waals surface area (Å²) in [4.78, 5) is 3.55. The third-order valence-corrected chi connectivity index (χ3v) is 3.54. The minimum Gasteiger partial charge on any atom is -0.423 e. The van der Waals surface area contributed by atoms with E-state index in [1.807, 2.05) is 48.5 Å². The van der Waals surface area contributed by atoms with Crippen molar-refractivity contribution in [3.05, 3.63) is 72.1 Å². The molecule has 3 rings (SSSR count). The van der Waals surface area contributed by atoms with Crippen LogP contribution in [0, 0.1) is 6.57 Å². The summed E-state index contributed by atoms with van der Waals surface area (Å²) < 4.78 is 0. The molecule has 0 fully saturated rings. The predicted molar refractivity (Wildman–Crippen MR) is 85.5 cm³/mol. The average Bonchev–Trinajstić information content (AvgIpc) is 2.54. The molecule has 3 aromatic carbocycles. The van der Waals surface area contributed by atoms with Crippen molar-refractivity contribution in [1.29, 1.82) is 0 Å². The molecule has 3 nitrogen and oxygen atoms in total.